The fourth-order valence-corrected chi connectivity index (χ4v) is 2.96. The Labute approximate surface area is 232 Å². The number of aromatic hydroxyl groups is 2. The Morgan fingerprint density at radius 3 is 1.26 bits per heavy atom. The minimum atomic E-state index is -0.596. The van der Waals surface area contributed by atoms with Gasteiger partial charge < -0.3 is 19.7 Å². The average molecular weight is 735 g/mol. The van der Waals surface area contributed by atoms with Crippen molar-refractivity contribution in [2.75, 3.05) is 14.2 Å². The molecule has 0 atom stereocenters. The third-order valence-corrected chi connectivity index (χ3v) is 4.72. The minimum absolute atomic E-state index is 0.111. The molecule has 0 saturated heterocycles. The van der Waals surface area contributed by atoms with Gasteiger partial charge in [0.1, 0.15) is 22.6 Å². The molecule has 0 heterocycles. The molecule has 0 amide bonds. The Morgan fingerprint density at radius 2 is 0.943 bits per heavy atom. The fourth-order valence-electron chi connectivity index (χ4n) is 2.96. The predicted octanol–water partition coefficient (Wildman–Crippen LogP) is 6.78. The van der Waals surface area contributed by atoms with Crippen molar-refractivity contribution >= 4 is 76.2 Å². The van der Waals surface area contributed by atoms with Crippen LogP contribution in [0.1, 0.15) is 43.0 Å². The Kier molecular flexibility index (Phi) is 12.4. The molecule has 0 aliphatic carbocycles. The number of ether oxygens (including phenoxy) is 2. The topological polar surface area (TPSA) is 93.1 Å². The number of esters is 2. The van der Waals surface area contributed by atoms with Crippen molar-refractivity contribution in [3.63, 3.8) is 0 Å². The second-order valence-electron chi connectivity index (χ2n) is 6.93. The molecular formula is C26H22I2O6V. The Morgan fingerprint density at radius 1 is 0.657 bits per heavy atom. The van der Waals surface area contributed by atoms with Gasteiger partial charge in [0.25, 0.3) is 0 Å². The first kappa shape index (κ1) is 29.0. The van der Waals surface area contributed by atoms with Gasteiger partial charge in [-0.3, -0.25) is 0 Å². The molecule has 0 radical (unpaired) electrons. The van der Waals surface area contributed by atoms with Gasteiger partial charge in [-0.25, -0.2) is 9.59 Å². The van der Waals surface area contributed by atoms with Crippen molar-refractivity contribution in [3.8, 4) is 11.5 Å². The third kappa shape index (κ3) is 9.03. The number of phenols is 2. The monoisotopic (exact) mass is 735 g/mol. The van der Waals surface area contributed by atoms with Gasteiger partial charge in [-0.2, -0.15) is 0 Å². The van der Waals surface area contributed by atoms with Crippen LogP contribution in [0.4, 0.5) is 0 Å². The number of phenolic OH excluding ortho intramolecular Hbond substituents is 2. The third-order valence-electron chi connectivity index (χ3n) is 4.72. The van der Waals surface area contributed by atoms with E-state index in [-0.39, 0.29) is 22.6 Å². The molecule has 35 heavy (non-hydrogen) atoms. The van der Waals surface area contributed by atoms with Crippen molar-refractivity contribution in [2.24, 2.45) is 0 Å². The van der Waals surface area contributed by atoms with Crippen LogP contribution < -0.4 is 0 Å². The van der Waals surface area contributed by atoms with E-state index in [0.29, 0.717) is 9.47 Å². The van der Waals surface area contributed by atoms with Crippen molar-refractivity contribution in [1.82, 2.24) is 0 Å². The average Bonchev–Trinajstić information content (AvgIpc) is 2.88. The summed E-state index contributed by atoms with van der Waals surface area (Å²) in [5.74, 6) is -1.45. The van der Waals surface area contributed by atoms with Crippen LogP contribution in [-0.2, 0) is 18.9 Å². The fraction of sp³-hybridized carbons (Fsp3) is 0.0769. The van der Waals surface area contributed by atoms with Crippen LogP contribution in [0.3, 0.4) is 0 Å². The van der Waals surface area contributed by atoms with Crippen LogP contribution in [0, 0.1) is 0 Å². The summed E-state index contributed by atoms with van der Waals surface area (Å²) in [4.78, 5) is 23.4. The van der Waals surface area contributed by atoms with E-state index >= 15 is 0 Å². The molecule has 3 rings (SSSR count). The first-order valence-electron chi connectivity index (χ1n) is 10.0. The first-order chi connectivity index (χ1) is 16.8. The van der Waals surface area contributed by atoms with Gasteiger partial charge in [-0.05, 0) is 46.5 Å². The Bertz CT molecular complexity index is 1130. The maximum absolute atomic E-state index is 11.7. The molecule has 181 valence electrons. The maximum atomic E-state index is 11.7. The molecule has 0 saturated carbocycles. The molecule has 0 unspecified atom stereocenters. The number of methoxy groups -OCH3 is 2. The normalized spacial score (nSPS) is 10.5. The molecule has 0 aliphatic rings. The molecule has 3 aromatic carbocycles. The summed E-state index contributed by atoms with van der Waals surface area (Å²) < 4.78 is 9.34. The van der Waals surface area contributed by atoms with Crippen molar-refractivity contribution in [1.29, 1.82) is 0 Å². The van der Waals surface area contributed by atoms with Gasteiger partial charge in [-0.15, -0.1) is 0 Å². The number of hydrogen-bond acceptors (Lipinski definition) is 6. The molecule has 9 heteroatoms. The Balaban J connectivity index is 0.00000137. The standard InChI is InChI=1S/C26H22O6.2HI.V/c1-31-25(29)21-15-19(11-13-23(21)27)9-7-17-3-5-18(6-4-17)8-10-20-12-14-24(28)22(16-20)26(30)32-2;;;/h3-16,27-28H,1-2H3;2*1H;/q;;;+2/p-2/b9-7+,10-8+;;;. The van der Waals surface area contributed by atoms with Gasteiger partial charge >= 0.3 is 61.4 Å². The number of hydrogen-bond donors (Lipinski definition) is 2. The van der Waals surface area contributed by atoms with Gasteiger partial charge in [0.05, 0.1) is 14.2 Å². The molecule has 0 fully saturated rings. The summed E-state index contributed by atoms with van der Waals surface area (Å²) >= 11 is 4.74. The van der Waals surface area contributed by atoms with E-state index in [2.05, 4.69) is 49.4 Å². The Hall–Kier alpha value is -2.28. The van der Waals surface area contributed by atoms with E-state index in [1.807, 2.05) is 48.6 Å². The summed E-state index contributed by atoms with van der Waals surface area (Å²) in [6.45, 7) is 0. The van der Waals surface area contributed by atoms with E-state index in [0.717, 1.165) is 22.3 Å². The van der Waals surface area contributed by atoms with E-state index in [1.54, 1.807) is 24.3 Å². The number of halogens is 2. The van der Waals surface area contributed by atoms with Crippen LogP contribution in [0.2, 0.25) is 0 Å². The SMILES string of the molecule is COC(=O)c1cc(/C=C/c2ccc(/C=C/c3ccc(O)c(C(=O)OC)c3)cc2)ccc1O.[I][V][I]. The summed E-state index contributed by atoms with van der Waals surface area (Å²) in [6.07, 6.45) is 7.45. The van der Waals surface area contributed by atoms with Crippen LogP contribution >= 0.6 is 40.0 Å². The summed E-state index contributed by atoms with van der Waals surface area (Å²) in [6, 6.07) is 17.2. The zero-order valence-electron chi connectivity index (χ0n) is 18.8. The van der Waals surface area contributed by atoms with E-state index in [4.69, 9.17) is 0 Å². The number of benzene rings is 3. The zero-order valence-corrected chi connectivity index (χ0v) is 24.5. The number of carbonyl (C=O) groups is 2. The molecule has 0 spiro atoms. The van der Waals surface area contributed by atoms with Gasteiger partial charge in [0, 0.05) is 0 Å². The van der Waals surface area contributed by atoms with Crippen LogP contribution in [-0.4, -0.2) is 36.4 Å². The molecule has 0 bridgehead atoms. The van der Waals surface area contributed by atoms with E-state index in [9.17, 15) is 19.8 Å². The zero-order chi connectivity index (χ0) is 25.8. The number of rotatable bonds is 6. The predicted molar refractivity (Wildman–Crippen MR) is 151 cm³/mol. The van der Waals surface area contributed by atoms with Crippen molar-refractivity contribution in [2.45, 2.75) is 0 Å². The van der Waals surface area contributed by atoms with Gasteiger partial charge in [0.15, 0.2) is 0 Å². The number of carbonyl (C=O) groups excluding carboxylic acids is 2. The molecule has 3 aromatic rings. The van der Waals surface area contributed by atoms with Crippen molar-refractivity contribution in [3.05, 3.63) is 94.0 Å². The molecule has 6 nitrogen and oxygen atoms in total. The second kappa shape index (κ2) is 15.0. The second-order valence-corrected chi connectivity index (χ2v) is 18.7. The summed E-state index contributed by atoms with van der Waals surface area (Å²) in [5, 5.41) is 19.6. The van der Waals surface area contributed by atoms with Crippen LogP contribution in [0.25, 0.3) is 24.3 Å². The van der Waals surface area contributed by atoms with Gasteiger partial charge in [-0.1, -0.05) is 60.7 Å². The van der Waals surface area contributed by atoms with Crippen LogP contribution in [0.15, 0.2) is 60.7 Å². The quantitative estimate of drug-likeness (QED) is 0.165. The molecule has 0 aliphatic heterocycles. The van der Waals surface area contributed by atoms with Gasteiger partial charge in [0.2, 0.25) is 0 Å². The van der Waals surface area contributed by atoms with Crippen molar-refractivity contribution < 1.29 is 38.7 Å². The molecular weight excluding hydrogens is 713 g/mol. The summed E-state index contributed by atoms with van der Waals surface area (Å²) in [7, 11) is 3.16. The summed E-state index contributed by atoms with van der Waals surface area (Å²) in [5.41, 5.74) is 3.63. The van der Waals surface area contributed by atoms with E-state index in [1.165, 1.54) is 26.4 Å². The van der Waals surface area contributed by atoms with Crippen LogP contribution in [0.5, 0.6) is 11.5 Å². The molecule has 2 N–H and O–H groups in total. The molecule has 0 aromatic heterocycles. The van der Waals surface area contributed by atoms with E-state index < -0.39 is 11.9 Å². The first-order valence-corrected chi connectivity index (χ1v) is 19.0.